The predicted octanol–water partition coefficient (Wildman–Crippen LogP) is 3.05. The Morgan fingerprint density at radius 1 is 1.14 bits per heavy atom. The number of hydrogen-bond acceptors (Lipinski definition) is 7. The molecule has 0 radical (unpaired) electrons. The van der Waals surface area contributed by atoms with Gasteiger partial charge in [-0.1, -0.05) is 29.4 Å². The number of aromatic nitrogens is 3. The summed E-state index contributed by atoms with van der Waals surface area (Å²) >= 11 is 0. The average Bonchev–Trinajstić information content (AvgIpc) is 3.34. The number of anilines is 1. The molecule has 0 bridgehead atoms. The van der Waals surface area contributed by atoms with Crippen LogP contribution in [0.1, 0.15) is 16.2 Å². The van der Waals surface area contributed by atoms with Crippen molar-refractivity contribution in [3.8, 4) is 11.4 Å². The topological polar surface area (TPSA) is 97.3 Å². The summed E-state index contributed by atoms with van der Waals surface area (Å²) in [7, 11) is 1.87. The largest absolute Gasteiger partial charge is 0.423 e. The van der Waals surface area contributed by atoms with Crippen molar-refractivity contribution in [2.45, 2.75) is 6.92 Å². The van der Waals surface area contributed by atoms with Crippen LogP contribution in [0.5, 0.6) is 0 Å². The van der Waals surface area contributed by atoms with Gasteiger partial charge in [0.25, 0.3) is 11.9 Å². The molecule has 28 heavy (non-hydrogen) atoms. The third-order valence-corrected chi connectivity index (χ3v) is 4.25. The van der Waals surface area contributed by atoms with Gasteiger partial charge in [-0.2, -0.15) is 9.97 Å². The van der Waals surface area contributed by atoms with Gasteiger partial charge in [0.05, 0.1) is 0 Å². The van der Waals surface area contributed by atoms with Crippen LogP contribution < -0.4 is 10.2 Å². The third kappa shape index (κ3) is 3.71. The quantitative estimate of drug-likeness (QED) is 0.551. The van der Waals surface area contributed by atoms with Gasteiger partial charge in [-0.05, 0) is 24.3 Å². The first-order valence-corrected chi connectivity index (χ1v) is 8.86. The van der Waals surface area contributed by atoms with Gasteiger partial charge in [-0.15, -0.1) is 0 Å². The molecule has 8 nitrogen and oxygen atoms in total. The van der Waals surface area contributed by atoms with E-state index >= 15 is 0 Å². The molecule has 0 aliphatic heterocycles. The van der Waals surface area contributed by atoms with Crippen molar-refractivity contribution < 1.29 is 13.7 Å². The number of benzene rings is 2. The summed E-state index contributed by atoms with van der Waals surface area (Å²) in [6, 6.07) is 15.2. The van der Waals surface area contributed by atoms with Crippen LogP contribution in [0, 0.1) is 6.92 Å². The standard InChI is InChI=1S/C20H19N5O3/c1-13-22-18(24-28-13)14-6-5-7-15(12-14)19(26)21-10-11-25(2)20-23-16-8-3-4-9-17(16)27-20/h3-9,12H,10-11H2,1-2H3,(H,21,26). The zero-order valence-electron chi connectivity index (χ0n) is 15.5. The summed E-state index contributed by atoms with van der Waals surface area (Å²) in [5.74, 6) is 0.767. The van der Waals surface area contributed by atoms with E-state index in [4.69, 9.17) is 8.94 Å². The lowest BCUT2D eigenvalue weighted by Crippen LogP contribution is -2.33. The molecule has 0 fully saturated rings. The Hall–Kier alpha value is -3.68. The van der Waals surface area contributed by atoms with Crippen LogP contribution in [0.15, 0.2) is 57.5 Å². The second-order valence-electron chi connectivity index (χ2n) is 6.36. The average molecular weight is 377 g/mol. The lowest BCUT2D eigenvalue weighted by atomic mass is 10.1. The number of para-hydroxylation sites is 2. The van der Waals surface area contributed by atoms with Gasteiger partial charge in [0.1, 0.15) is 5.52 Å². The fraction of sp³-hybridized carbons (Fsp3) is 0.200. The van der Waals surface area contributed by atoms with Crippen molar-refractivity contribution in [1.82, 2.24) is 20.4 Å². The monoisotopic (exact) mass is 377 g/mol. The molecule has 1 N–H and O–H groups in total. The van der Waals surface area contributed by atoms with Crippen LogP contribution in [-0.2, 0) is 0 Å². The SMILES string of the molecule is Cc1nc(-c2cccc(C(=O)NCCN(C)c3nc4ccccc4o3)c2)no1. The highest BCUT2D eigenvalue weighted by atomic mass is 16.5. The molecule has 0 spiro atoms. The maximum atomic E-state index is 12.5. The van der Waals surface area contributed by atoms with Gasteiger partial charge >= 0.3 is 0 Å². The van der Waals surface area contributed by atoms with Crippen molar-refractivity contribution in [2.75, 3.05) is 25.0 Å². The number of nitrogens with zero attached hydrogens (tertiary/aromatic N) is 4. The third-order valence-electron chi connectivity index (χ3n) is 4.25. The number of likely N-dealkylation sites (N-methyl/N-ethyl adjacent to an activating group) is 1. The molecule has 0 atom stereocenters. The van der Waals surface area contributed by atoms with Gasteiger partial charge in [0, 0.05) is 38.2 Å². The number of aryl methyl sites for hydroxylation is 1. The molecule has 4 aromatic rings. The normalized spacial score (nSPS) is 10.9. The van der Waals surface area contributed by atoms with Gasteiger partial charge in [-0.25, -0.2) is 0 Å². The Morgan fingerprint density at radius 3 is 2.79 bits per heavy atom. The van der Waals surface area contributed by atoms with Crippen LogP contribution in [0.25, 0.3) is 22.5 Å². The van der Waals surface area contributed by atoms with E-state index in [0.717, 1.165) is 16.7 Å². The second-order valence-corrected chi connectivity index (χ2v) is 6.36. The highest BCUT2D eigenvalue weighted by molar-refractivity contribution is 5.95. The summed E-state index contributed by atoms with van der Waals surface area (Å²) < 4.78 is 10.7. The molecule has 0 unspecified atom stereocenters. The Morgan fingerprint density at radius 2 is 2.00 bits per heavy atom. The van der Waals surface area contributed by atoms with E-state index in [1.807, 2.05) is 42.3 Å². The second kappa shape index (κ2) is 7.51. The molecule has 1 amide bonds. The number of amides is 1. The molecule has 2 aromatic heterocycles. The van der Waals surface area contributed by atoms with E-state index < -0.39 is 0 Å². The number of oxazole rings is 1. The summed E-state index contributed by atoms with van der Waals surface area (Å²) in [4.78, 5) is 22.9. The number of fused-ring (bicyclic) bond motifs is 1. The molecule has 2 heterocycles. The van der Waals surface area contributed by atoms with Crippen molar-refractivity contribution >= 4 is 23.0 Å². The van der Waals surface area contributed by atoms with Crippen molar-refractivity contribution in [3.05, 3.63) is 60.0 Å². The number of hydrogen-bond donors (Lipinski definition) is 1. The molecule has 8 heteroatoms. The van der Waals surface area contributed by atoms with E-state index in [1.165, 1.54) is 0 Å². The zero-order chi connectivity index (χ0) is 19.5. The molecule has 2 aromatic carbocycles. The summed E-state index contributed by atoms with van der Waals surface area (Å²) in [6.07, 6.45) is 0. The number of carbonyl (C=O) groups is 1. The lowest BCUT2D eigenvalue weighted by molar-refractivity contribution is 0.0954. The zero-order valence-corrected chi connectivity index (χ0v) is 15.5. The number of nitrogens with one attached hydrogen (secondary N) is 1. The van der Waals surface area contributed by atoms with Gasteiger partial charge in [-0.3, -0.25) is 4.79 Å². The lowest BCUT2D eigenvalue weighted by Gasteiger charge is -2.14. The minimum Gasteiger partial charge on any atom is -0.423 e. The molecular formula is C20H19N5O3. The Bertz CT molecular complexity index is 1080. The van der Waals surface area contributed by atoms with Gasteiger partial charge in [0.15, 0.2) is 5.58 Å². The maximum absolute atomic E-state index is 12.5. The molecule has 0 saturated heterocycles. The van der Waals surface area contributed by atoms with Gasteiger partial charge < -0.3 is 19.2 Å². The van der Waals surface area contributed by atoms with Crippen LogP contribution in [-0.4, -0.2) is 41.2 Å². The maximum Gasteiger partial charge on any atom is 0.298 e. The van der Waals surface area contributed by atoms with E-state index in [0.29, 0.717) is 36.4 Å². The number of rotatable bonds is 6. The predicted molar refractivity (Wildman–Crippen MR) is 104 cm³/mol. The van der Waals surface area contributed by atoms with Crippen molar-refractivity contribution in [1.29, 1.82) is 0 Å². The van der Waals surface area contributed by atoms with Crippen LogP contribution in [0.2, 0.25) is 0 Å². The molecule has 0 saturated carbocycles. The minimum absolute atomic E-state index is 0.173. The van der Waals surface area contributed by atoms with Crippen LogP contribution >= 0.6 is 0 Å². The Kier molecular flexibility index (Phi) is 4.76. The van der Waals surface area contributed by atoms with Crippen LogP contribution in [0.3, 0.4) is 0 Å². The first-order chi connectivity index (χ1) is 13.6. The van der Waals surface area contributed by atoms with Crippen LogP contribution in [0.4, 0.5) is 6.01 Å². The first kappa shape index (κ1) is 17.7. The van der Waals surface area contributed by atoms with Crippen molar-refractivity contribution in [3.63, 3.8) is 0 Å². The summed E-state index contributed by atoms with van der Waals surface area (Å²) in [6.45, 7) is 2.72. The Labute approximate surface area is 161 Å². The molecule has 0 aliphatic carbocycles. The van der Waals surface area contributed by atoms with Gasteiger partial charge in [0.2, 0.25) is 11.7 Å². The molecule has 4 rings (SSSR count). The summed E-state index contributed by atoms with van der Waals surface area (Å²) in [5.41, 5.74) is 2.81. The van der Waals surface area contributed by atoms with Crippen molar-refractivity contribution in [2.24, 2.45) is 0 Å². The fourth-order valence-corrected chi connectivity index (χ4v) is 2.77. The molecule has 142 valence electrons. The molecule has 0 aliphatic rings. The highest BCUT2D eigenvalue weighted by Crippen LogP contribution is 2.20. The Balaban J connectivity index is 1.36. The first-order valence-electron chi connectivity index (χ1n) is 8.86. The smallest absolute Gasteiger partial charge is 0.298 e. The minimum atomic E-state index is -0.173. The molecular weight excluding hydrogens is 358 g/mol. The van der Waals surface area contributed by atoms with E-state index in [-0.39, 0.29) is 5.91 Å². The highest BCUT2D eigenvalue weighted by Gasteiger charge is 2.12. The van der Waals surface area contributed by atoms with E-state index in [2.05, 4.69) is 20.4 Å². The number of carbonyl (C=O) groups excluding carboxylic acids is 1. The fourth-order valence-electron chi connectivity index (χ4n) is 2.77. The van der Waals surface area contributed by atoms with E-state index in [1.54, 1.807) is 25.1 Å². The summed E-state index contributed by atoms with van der Waals surface area (Å²) in [5, 5.41) is 6.78. The van der Waals surface area contributed by atoms with E-state index in [9.17, 15) is 4.79 Å².